The minimum Gasteiger partial charge on any atom is -0.481 e. The Morgan fingerprint density at radius 1 is 1.25 bits per heavy atom. The molecule has 0 bridgehead atoms. The standard InChI is InChI=1S/C24H40O4/c1-7-22(25)20(6)14-17(3)13-16(2)9-8-10-18(4)24-19(5)11-12-21(28-24)15-23(26)27/h8-10,14,16,19-22,24-25H,7,11-13,15H2,1-6H3,(H,26,27). The maximum atomic E-state index is 11.0. The molecule has 160 valence electrons. The average Bonchev–Trinajstić information content (AvgIpc) is 2.61. The van der Waals surface area contributed by atoms with Crippen LogP contribution in [0.2, 0.25) is 0 Å². The Hall–Kier alpha value is -1.39. The highest BCUT2D eigenvalue weighted by atomic mass is 16.5. The molecule has 1 fully saturated rings. The van der Waals surface area contributed by atoms with Gasteiger partial charge in [-0.25, -0.2) is 0 Å². The van der Waals surface area contributed by atoms with Crippen molar-refractivity contribution in [1.82, 2.24) is 0 Å². The van der Waals surface area contributed by atoms with Crippen molar-refractivity contribution in [3.05, 3.63) is 35.5 Å². The van der Waals surface area contributed by atoms with Crippen molar-refractivity contribution in [1.29, 1.82) is 0 Å². The fraction of sp³-hybridized carbons (Fsp3) is 0.708. The first-order valence-corrected chi connectivity index (χ1v) is 10.7. The Labute approximate surface area is 171 Å². The van der Waals surface area contributed by atoms with E-state index in [1.165, 1.54) is 5.57 Å². The number of hydrogen-bond donors (Lipinski definition) is 2. The van der Waals surface area contributed by atoms with Gasteiger partial charge in [0.1, 0.15) is 0 Å². The van der Waals surface area contributed by atoms with E-state index in [1.807, 2.05) is 6.92 Å². The highest BCUT2D eigenvalue weighted by Gasteiger charge is 2.30. The molecule has 0 radical (unpaired) electrons. The summed E-state index contributed by atoms with van der Waals surface area (Å²) in [6.45, 7) is 12.6. The molecule has 1 saturated heterocycles. The molecule has 1 heterocycles. The molecule has 2 N–H and O–H groups in total. The zero-order valence-electron chi connectivity index (χ0n) is 18.5. The van der Waals surface area contributed by atoms with Crippen molar-refractivity contribution in [3.8, 4) is 0 Å². The van der Waals surface area contributed by atoms with E-state index in [2.05, 4.69) is 58.9 Å². The quantitative estimate of drug-likeness (QED) is 0.379. The summed E-state index contributed by atoms with van der Waals surface area (Å²) < 4.78 is 6.05. The Bertz CT molecular complexity index is 575. The van der Waals surface area contributed by atoms with Gasteiger partial charge in [0.15, 0.2) is 0 Å². The Balaban J connectivity index is 2.61. The van der Waals surface area contributed by atoms with Gasteiger partial charge in [0.2, 0.25) is 0 Å². The van der Waals surface area contributed by atoms with Crippen LogP contribution in [0.15, 0.2) is 35.5 Å². The van der Waals surface area contributed by atoms with Gasteiger partial charge >= 0.3 is 5.97 Å². The largest absolute Gasteiger partial charge is 0.481 e. The van der Waals surface area contributed by atoms with Crippen LogP contribution in [0.25, 0.3) is 0 Å². The molecule has 0 amide bonds. The van der Waals surface area contributed by atoms with Crippen LogP contribution in [-0.4, -0.2) is 34.5 Å². The van der Waals surface area contributed by atoms with E-state index in [4.69, 9.17) is 9.84 Å². The average molecular weight is 393 g/mol. The topological polar surface area (TPSA) is 66.8 Å². The fourth-order valence-electron chi connectivity index (χ4n) is 3.98. The van der Waals surface area contributed by atoms with Crippen molar-refractivity contribution in [3.63, 3.8) is 0 Å². The van der Waals surface area contributed by atoms with Gasteiger partial charge in [0.25, 0.3) is 0 Å². The molecule has 6 unspecified atom stereocenters. The maximum Gasteiger partial charge on any atom is 0.305 e. The Morgan fingerprint density at radius 2 is 1.93 bits per heavy atom. The van der Waals surface area contributed by atoms with E-state index in [0.29, 0.717) is 11.8 Å². The SMILES string of the molecule is CCC(O)C(C)C=C(C)CC(C)C=CC=C(C)C1OC(CC(=O)O)CCC1C. The molecule has 1 rings (SSSR count). The Kier molecular flexibility index (Phi) is 10.8. The number of carbonyl (C=O) groups is 1. The lowest BCUT2D eigenvalue weighted by atomic mass is 9.88. The third-order valence-corrected chi connectivity index (χ3v) is 5.67. The fourth-order valence-corrected chi connectivity index (χ4v) is 3.98. The molecule has 0 aliphatic carbocycles. The summed E-state index contributed by atoms with van der Waals surface area (Å²) in [5.74, 6) is 0.212. The summed E-state index contributed by atoms with van der Waals surface area (Å²) in [7, 11) is 0. The zero-order chi connectivity index (χ0) is 21.3. The zero-order valence-corrected chi connectivity index (χ0v) is 18.5. The van der Waals surface area contributed by atoms with Crippen LogP contribution < -0.4 is 0 Å². The smallest absolute Gasteiger partial charge is 0.305 e. The number of carboxylic acid groups (broad SMARTS) is 1. The molecule has 1 aliphatic heterocycles. The number of aliphatic carboxylic acids is 1. The number of ether oxygens (including phenoxy) is 1. The third-order valence-electron chi connectivity index (χ3n) is 5.67. The van der Waals surface area contributed by atoms with E-state index >= 15 is 0 Å². The lowest BCUT2D eigenvalue weighted by Crippen LogP contribution is -2.35. The van der Waals surface area contributed by atoms with Crippen LogP contribution in [-0.2, 0) is 9.53 Å². The van der Waals surface area contributed by atoms with Crippen LogP contribution in [0, 0.1) is 17.8 Å². The lowest BCUT2D eigenvalue weighted by Gasteiger charge is -2.35. The molecule has 1 aliphatic rings. The molecule has 0 aromatic carbocycles. The summed E-state index contributed by atoms with van der Waals surface area (Å²) in [6.07, 6.45) is 11.8. The summed E-state index contributed by atoms with van der Waals surface area (Å²) >= 11 is 0. The van der Waals surface area contributed by atoms with Gasteiger partial charge in [-0.3, -0.25) is 4.79 Å². The highest BCUT2D eigenvalue weighted by Crippen LogP contribution is 2.30. The second kappa shape index (κ2) is 12.2. The normalized spacial score (nSPS) is 27.6. The van der Waals surface area contributed by atoms with Crippen molar-refractivity contribution < 1.29 is 19.7 Å². The van der Waals surface area contributed by atoms with E-state index in [-0.39, 0.29) is 30.7 Å². The lowest BCUT2D eigenvalue weighted by molar-refractivity contribution is -0.143. The number of carboxylic acids is 1. The molecule has 4 heteroatoms. The van der Waals surface area contributed by atoms with Crippen LogP contribution in [0.1, 0.15) is 73.6 Å². The van der Waals surface area contributed by atoms with Gasteiger partial charge in [0.05, 0.1) is 24.7 Å². The van der Waals surface area contributed by atoms with E-state index < -0.39 is 5.97 Å². The first-order valence-electron chi connectivity index (χ1n) is 10.7. The molecule has 6 atom stereocenters. The van der Waals surface area contributed by atoms with Crippen LogP contribution >= 0.6 is 0 Å². The number of hydrogen-bond acceptors (Lipinski definition) is 3. The van der Waals surface area contributed by atoms with Gasteiger partial charge in [-0.2, -0.15) is 0 Å². The van der Waals surface area contributed by atoms with Crippen LogP contribution in [0.3, 0.4) is 0 Å². The summed E-state index contributed by atoms with van der Waals surface area (Å²) in [5.41, 5.74) is 2.46. The first kappa shape index (κ1) is 24.6. The molecule has 0 saturated carbocycles. The minimum absolute atomic E-state index is 0.00364. The van der Waals surface area contributed by atoms with Gasteiger partial charge in [-0.05, 0) is 56.9 Å². The highest BCUT2D eigenvalue weighted by molar-refractivity contribution is 5.67. The monoisotopic (exact) mass is 392 g/mol. The van der Waals surface area contributed by atoms with Crippen LogP contribution in [0.4, 0.5) is 0 Å². The predicted molar refractivity (Wildman–Crippen MR) is 115 cm³/mol. The number of allylic oxidation sites excluding steroid dienone is 4. The van der Waals surface area contributed by atoms with Gasteiger partial charge < -0.3 is 14.9 Å². The maximum absolute atomic E-state index is 11.0. The second-order valence-electron chi connectivity index (χ2n) is 8.66. The number of aliphatic hydroxyl groups is 1. The molecular weight excluding hydrogens is 352 g/mol. The number of aliphatic hydroxyl groups excluding tert-OH is 1. The van der Waals surface area contributed by atoms with Crippen molar-refractivity contribution in [2.24, 2.45) is 17.8 Å². The molecule has 0 spiro atoms. The first-order chi connectivity index (χ1) is 13.1. The van der Waals surface area contributed by atoms with Crippen molar-refractivity contribution in [2.75, 3.05) is 0 Å². The van der Waals surface area contributed by atoms with E-state index in [1.54, 1.807) is 0 Å². The van der Waals surface area contributed by atoms with Crippen molar-refractivity contribution in [2.45, 2.75) is 92.0 Å². The molecule has 0 aromatic rings. The molecule has 4 nitrogen and oxygen atoms in total. The summed E-state index contributed by atoms with van der Waals surface area (Å²) in [4.78, 5) is 11.0. The van der Waals surface area contributed by atoms with E-state index in [0.717, 1.165) is 31.3 Å². The van der Waals surface area contributed by atoms with Crippen molar-refractivity contribution >= 4 is 5.97 Å². The molecule has 28 heavy (non-hydrogen) atoms. The minimum atomic E-state index is -0.794. The second-order valence-corrected chi connectivity index (χ2v) is 8.66. The molecule has 0 aromatic heterocycles. The predicted octanol–water partition coefficient (Wildman–Crippen LogP) is 5.53. The summed E-state index contributed by atoms with van der Waals surface area (Å²) in [5, 5.41) is 18.9. The Morgan fingerprint density at radius 3 is 2.54 bits per heavy atom. The van der Waals surface area contributed by atoms with Gasteiger partial charge in [0, 0.05) is 5.92 Å². The summed E-state index contributed by atoms with van der Waals surface area (Å²) in [6, 6.07) is 0. The van der Waals surface area contributed by atoms with E-state index in [9.17, 15) is 9.90 Å². The molecular formula is C24H40O4. The van der Waals surface area contributed by atoms with Gasteiger partial charge in [-0.1, -0.05) is 57.6 Å². The number of rotatable bonds is 10. The van der Waals surface area contributed by atoms with Crippen LogP contribution in [0.5, 0.6) is 0 Å². The third kappa shape index (κ3) is 8.74. The van der Waals surface area contributed by atoms with Gasteiger partial charge in [-0.15, -0.1) is 0 Å².